The van der Waals surface area contributed by atoms with Gasteiger partial charge in [-0.3, -0.25) is 4.90 Å². The lowest BCUT2D eigenvalue weighted by Crippen LogP contribution is -2.45. The van der Waals surface area contributed by atoms with Crippen LogP contribution in [0.3, 0.4) is 0 Å². The number of nitrogens with one attached hydrogen (secondary N) is 1. The van der Waals surface area contributed by atoms with Gasteiger partial charge in [0, 0.05) is 42.3 Å². The van der Waals surface area contributed by atoms with Crippen molar-refractivity contribution in [3.05, 3.63) is 46.7 Å². The van der Waals surface area contributed by atoms with Crippen molar-refractivity contribution >= 4 is 15.9 Å². The zero-order valence-electron chi connectivity index (χ0n) is 11.0. The van der Waals surface area contributed by atoms with E-state index in [-0.39, 0.29) is 11.9 Å². The molecule has 1 aromatic rings. The summed E-state index contributed by atoms with van der Waals surface area (Å²) in [5, 5.41) is 3.34. The van der Waals surface area contributed by atoms with Crippen LogP contribution in [0.25, 0.3) is 0 Å². The van der Waals surface area contributed by atoms with Crippen LogP contribution >= 0.6 is 15.9 Å². The third-order valence-corrected chi connectivity index (χ3v) is 4.26. The van der Waals surface area contributed by atoms with Gasteiger partial charge in [-0.15, -0.1) is 6.58 Å². The molecular formula is C15H20BrFN2. The standard InChI is InChI=1S/C15H20BrFN2/c1-2-3-7-14(19-10-8-18-9-11-19)15-12(16)5-4-6-13(15)17/h2,4-6,14,18H,1,3,7-11H2/t14-/m1/s1. The first-order valence-electron chi connectivity index (χ1n) is 6.73. The smallest absolute Gasteiger partial charge is 0.129 e. The van der Waals surface area contributed by atoms with Gasteiger partial charge in [0.15, 0.2) is 0 Å². The molecule has 0 aliphatic carbocycles. The summed E-state index contributed by atoms with van der Waals surface area (Å²) in [6, 6.07) is 5.33. The number of hydrogen-bond donors (Lipinski definition) is 1. The van der Waals surface area contributed by atoms with E-state index in [1.54, 1.807) is 12.1 Å². The maximum absolute atomic E-state index is 14.2. The highest BCUT2D eigenvalue weighted by molar-refractivity contribution is 9.10. The predicted octanol–water partition coefficient (Wildman–Crippen LogP) is 3.50. The third kappa shape index (κ3) is 3.65. The highest BCUT2D eigenvalue weighted by atomic mass is 79.9. The topological polar surface area (TPSA) is 15.3 Å². The molecule has 1 atom stereocenters. The average Bonchev–Trinajstić information content (AvgIpc) is 2.43. The van der Waals surface area contributed by atoms with Crippen LogP contribution < -0.4 is 5.32 Å². The Labute approximate surface area is 122 Å². The minimum Gasteiger partial charge on any atom is -0.314 e. The predicted molar refractivity (Wildman–Crippen MR) is 80.7 cm³/mol. The van der Waals surface area contributed by atoms with Crippen molar-refractivity contribution in [2.24, 2.45) is 0 Å². The molecule has 2 nitrogen and oxygen atoms in total. The highest BCUT2D eigenvalue weighted by Crippen LogP contribution is 2.33. The molecule has 1 fully saturated rings. The Bertz CT molecular complexity index is 410. The molecule has 1 aliphatic rings. The van der Waals surface area contributed by atoms with Crippen LogP contribution in [-0.4, -0.2) is 31.1 Å². The quantitative estimate of drug-likeness (QED) is 0.833. The van der Waals surface area contributed by atoms with Crippen LogP contribution in [0.1, 0.15) is 24.4 Å². The molecule has 0 radical (unpaired) electrons. The van der Waals surface area contributed by atoms with Gasteiger partial charge >= 0.3 is 0 Å². The second-order valence-electron chi connectivity index (χ2n) is 4.80. The molecule has 0 saturated carbocycles. The Kier molecular flexibility index (Phi) is 5.55. The summed E-state index contributed by atoms with van der Waals surface area (Å²) < 4.78 is 15.0. The van der Waals surface area contributed by atoms with Crippen molar-refractivity contribution in [2.75, 3.05) is 26.2 Å². The van der Waals surface area contributed by atoms with Crippen LogP contribution in [0.5, 0.6) is 0 Å². The Balaban J connectivity index is 2.27. The molecule has 19 heavy (non-hydrogen) atoms. The minimum absolute atomic E-state index is 0.121. The fraction of sp³-hybridized carbons (Fsp3) is 0.467. The molecule has 0 bridgehead atoms. The maximum atomic E-state index is 14.2. The molecule has 0 amide bonds. The van der Waals surface area contributed by atoms with Crippen LogP contribution in [-0.2, 0) is 0 Å². The first kappa shape index (κ1) is 14.7. The number of halogens is 2. The summed E-state index contributed by atoms with van der Waals surface area (Å²) >= 11 is 3.50. The van der Waals surface area contributed by atoms with E-state index in [1.165, 1.54) is 0 Å². The van der Waals surface area contributed by atoms with E-state index in [4.69, 9.17) is 0 Å². The lowest BCUT2D eigenvalue weighted by Gasteiger charge is -2.35. The summed E-state index contributed by atoms with van der Waals surface area (Å²) in [5.41, 5.74) is 0.784. The molecule has 1 aliphatic heterocycles. The minimum atomic E-state index is -0.123. The number of hydrogen-bond acceptors (Lipinski definition) is 2. The van der Waals surface area contributed by atoms with E-state index in [9.17, 15) is 4.39 Å². The molecular weight excluding hydrogens is 307 g/mol. The highest BCUT2D eigenvalue weighted by Gasteiger charge is 2.25. The normalized spacial score (nSPS) is 18.2. The number of allylic oxidation sites excluding steroid dienone is 1. The van der Waals surface area contributed by atoms with Crippen molar-refractivity contribution < 1.29 is 4.39 Å². The van der Waals surface area contributed by atoms with Gasteiger partial charge in [-0.2, -0.15) is 0 Å². The van der Waals surface area contributed by atoms with Crippen LogP contribution in [0, 0.1) is 5.82 Å². The number of piperazine rings is 1. The second kappa shape index (κ2) is 7.17. The summed E-state index contributed by atoms with van der Waals surface area (Å²) in [4.78, 5) is 2.36. The van der Waals surface area contributed by atoms with E-state index in [2.05, 4.69) is 32.7 Å². The lowest BCUT2D eigenvalue weighted by molar-refractivity contribution is 0.162. The third-order valence-electron chi connectivity index (χ3n) is 3.57. The van der Waals surface area contributed by atoms with Gasteiger partial charge in [0.25, 0.3) is 0 Å². The van der Waals surface area contributed by atoms with Gasteiger partial charge in [0.05, 0.1) is 0 Å². The number of benzene rings is 1. The number of rotatable bonds is 5. The monoisotopic (exact) mass is 326 g/mol. The Morgan fingerprint density at radius 3 is 2.79 bits per heavy atom. The van der Waals surface area contributed by atoms with Gasteiger partial charge in [-0.05, 0) is 25.0 Å². The van der Waals surface area contributed by atoms with Crippen molar-refractivity contribution in [1.29, 1.82) is 0 Å². The molecule has 1 heterocycles. The van der Waals surface area contributed by atoms with Crippen molar-refractivity contribution in [3.8, 4) is 0 Å². The van der Waals surface area contributed by atoms with Gasteiger partial charge in [0.2, 0.25) is 0 Å². The summed E-state index contributed by atoms with van der Waals surface area (Å²) in [6.45, 7) is 7.64. The molecule has 1 saturated heterocycles. The zero-order valence-corrected chi connectivity index (χ0v) is 12.6. The van der Waals surface area contributed by atoms with Crippen molar-refractivity contribution in [3.63, 3.8) is 0 Å². The molecule has 4 heteroatoms. The molecule has 0 unspecified atom stereocenters. The Hall–Kier alpha value is -0.710. The molecule has 2 rings (SSSR count). The number of nitrogens with zero attached hydrogens (tertiary/aromatic N) is 1. The molecule has 104 valence electrons. The van der Waals surface area contributed by atoms with Crippen LogP contribution in [0.4, 0.5) is 4.39 Å². The Morgan fingerprint density at radius 2 is 2.16 bits per heavy atom. The fourth-order valence-corrected chi connectivity index (χ4v) is 3.21. The van der Waals surface area contributed by atoms with Crippen LogP contribution in [0.15, 0.2) is 35.3 Å². The van der Waals surface area contributed by atoms with E-state index in [0.717, 1.165) is 49.1 Å². The van der Waals surface area contributed by atoms with Gasteiger partial charge < -0.3 is 5.32 Å². The molecule has 0 aromatic heterocycles. The fourth-order valence-electron chi connectivity index (χ4n) is 2.61. The largest absolute Gasteiger partial charge is 0.314 e. The van der Waals surface area contributed by atoms with Gasteiger partial charge in [-0.25, -0.2) is 4.39 Å². The summed E-state index contributed by atoms with van der Waals surface area (Å²) in [6.07, 6.45) is 3.71. The van der Waals surface area contributed by atoms with Crippen molar-refractivity contribution in [1.82, 2.24) is 10.2 Å². The molecule has 1 N–H and O–H groups in total. The summed E-state index contributed by atoms with van der Waals surface area (Å²) in [7, 11) is 0. The van der Waals surface area contributed by atoms with Crippen LogP contribution in [0.2, 0.25) is 0 Å². The zero-order chi connectivity index (χ0) is 13.7. The molecule has 0 spiro atoms. The van der Waals surface area contributed by atoms with Gasteiger partial charge in [-0.1, -0.05) is 28.1 Å². The average molecular weight is 327 g/mol. The van der Waals surface area contributed by atoms with E-state index in [1.807, 2.05) is 12.1 Å². The second-order valence-corrected chi connectivity index (χ2v) is 5.66. The first-order chi connectivity index (χ1) is 9.24. The lowest BCUT2D eigenvalue weighted by atomic mass is 9.99. The molecule has 1 aromatic carbocycles. The maximum Gasteiger partial charge on any atom is 0.129 e. The van der Waals surface area contributed by atoms with E-state index in [0.29, 0.717) is 0 Å². The summed E-state index contributed by atoms with van der Waals surface area (Å²) in [5.74, 6) is -0.123. The van der Waals surface area contributed by atoms with E-state index < -0.39 is 0 Å². The Morgan fingerprint density at radius 1 is 1.42 bits per heavy atom. The first-order valence-corrected chi connectivity index (χ1v) is 7.53. The van der Waals surface area contributed by atoms with Gasteiger partial charge in [0.1, 0.15) is 5.82 Å². The SMILES string of the molecule is C=CCC[C@H](c1c(F)cccc1Br)N1CCNCC1. The van der Waals surface area contributed by atoms with E-state index >= 15 is 0 Å². The van der Waals surface area contributed by atoms with Crippen molar-refractivity contribution in [2.45, 2.75) is 18.9 Å².